The third-order valence-corrected chi connectivity index (χ3v) is 7.43. The van der Waals surface area contributed by atoms with Crippen molar-refractivity contribution in [1.82, 2.24) is 0 Å². The second-order valence-corrected chi connectivity index (χ2v) is 9.20. The largest absolute Gasteiger partial charge is 0.493 e. The number of ether oxygens (including phenoxy) is 5. The van der Waals surface area contributed by atoms with E-state index in [0.717, 1.165) is 30.4 Å². The van der Waals surface area contributed by atoms with Crippen LogP contribution in [0.25, 0.3) is 0 Å². The number of hydroxylamine groups is 1. The number of nitrogens with zero attached hydrogens (tertiary/aromatic N) is 1. The highest BCUT2D eigenvalue weighted by Gasteiger charge is 2.31. The zero-order valence-corrected chi connectivity index (χ0v) is 21.2. The highest BCUT2D eigenvalue weighted by Crippen LogP contribution is 2.56. The number of methoxy groups -OCH3 is 4. The maximum absolute atomic E-state index is 10.5. The number of benzene rings is 2. The Kier molecular flexibility index (Phi) is 8.86. The summed E-state index contributed by atoms with van der Waals surface area (Å²) in [6.07, 6.45) is 2.88. The first-order valence-electron chi connectivity index (χ1n) is 11.3. The lowest BCUT2D eigenvalue weighted by molar-refractivity contribution is 0.245. The number of hydrogen-bond donors (Lipinski definition) is 1. The van der Waals surface area contributed by atoms with Gasteiger partial charge >= 0.3 is 0 Å². The fourth-order valence-electron chi connectivity index (χ4n) is 4.07. The van der Waals surface area contributed by atoms with Crippen LogP contribution in [0.3, 0.4) is 0 Å². The minimum Gasteiger partial charge on any atom is -0.493 e. The van der Waals surface area contributed by atoms with E-state index in [2.05, 4.69) is 6.92 Å². The second-order valence-electron chi connectivity index (χ2n) is 7.79. The Morgan fingerprint density at radius 3 is 1.79 bits per heavy atom. The van der Waals surface area contributed by atoms with Gasteiger partial charge in [-0.05, 0) is 61.6 Å². The monoisotopic (exact) mass is 477 g/mol. The summed E-state index contributed by atoms with van der Waals surface area (Å²) in [7, 11) is 6.52. The molecule has 1 saturated heterocycles. The van der Waals surface area contributed by atoms with Gasteiger partial charge in [0.15, 0.2) is 23.0 Å². The number of anilines is 1. The smallest absolute Gasteiger partial charge is 0.203 e. The molecule has 2 atom stereocenters. The first kappa shape index (κ1) is 25.2. The lowest BCUT2D eigenvalue weighted by Crippen LogP contribution is -2.19. The Balaban J connectivity index is 1.92. The molecule has 33 heavy (non-hydrogen) atoms. The number of hydrogen-bond acceptors (Lipinski definition) is 8. The zero-order valence-electron chi connectivity index (χ0n) is 20.3. The van der Waals surface area contributed by atoms with Gasteiger partial charge in [-0.1, -0.05) is 6.92 Å². The molecule has 0 radical (unpaired) electrons. The molecule has 1 heterocycles. The van der Waals surface area contributed by atoms with Crippen molar-refractivity contribution < 1.29 is 28.9 Å². The van der Waals surface area contributed by atoms with E-state index in [1.165, 1.54) is 5.06 Å². The van der Waals surface area contributed by atoms with Crippen LogP contribution in [0.4, 0.5) is 5.69 Å². The van der Waals surface area contributed by atoms with Gasteiger partial charge in [-0.2, -0.15) is 0 Å². The third-order valence-electron chi connectivity index (χ3n) is 5.76. The average Bonchev–Trinajstić information content (AvgIpc) is 3.35. The van der Waals surface area contributed by atoms with Crippen molar-refractivity contribution in [3.8, 4) is 28.7 Å². The number of rotatable bonds is 11. The topological polar surface area (TPSA) is 69.6 Å². The maximum Gasteiger partial charge on any atom is 0.203 e. The summed E-state index contributed by atoms with van der Waals surface area (Å²) < 4.78 is 28.1. The van der Waals surface area contributed by atoms with E-state index in [1.807, 2.05) is 43.0 Å². The van der Waals surface area contributed by atoms with E-state index in [0.29, 0.717) is 47.6 Å². The molecule has 0 aromatic heterocycles. The molecule has 0 aliphatic carbocycles. The van der Waals surface area contributed by atoms with Gasteiger partial charge in [0, 0.05) is 17.0 Å². The van der Waals surface area contributed by atoms with Crippen LogP contribution in [-0.2, 0) is 0 Å². The van der Waals surface area contributed by atoms with E-state index in [-0.39, 0.29) is 10.5 Å². The Labute approximate surface area is 200 Å². The van der Waals surface area contributed by atoms with E-state index < -0.39 is 0 Å². The average molecular weight is 478 g/mol. The lowest BCUT2D eigenvalue weighted by atomic mass is 10.0. The van der Waals surface area contributed by atoms with Crippen LogP contribution in [0, 0.1) is 0 Å². The molecule has 8 heteroatoms. The molecular formula is C25H35NO6S. The van der Waals surface area contributed by atoms with Crippen LogP contribution >= 0.6 is 11.8 Å². The van der Waals surface area contributed by atoms with E-state index in [4.69, 9.17) is 23.7 Å². The van der Waals surface area contributed by atoms with Crippen molar-refractivity contribution in [2.75, 3.05) is 46.7 Å². The van der Waals surface area contributed by atoms with Gasteiger partial charge < -0.3 is 23.7 Å². The molecule has 7 nitrogen and oxygen atoms in total. The van der Waals surface area contributed by atoms with Gasteiger partial charge in [-0.3, -0.25) is 10.3 Å². The molecule has 1 N–H and O–H groups in total. The molecule has 182 valence electrons. The van der Waals surface area contributed by atoms with Gasteiger partial charge in [0.2, 0.25) is 5.75 Å². The first-order chi connectivity index (χ1) is 16.0. The minimum atomic E-state index is 0.257. The molecular weight excluding hydrogens is 442 g/mol. The molecule has 1 fully saturated rings. The quantitative estimate of drug-likeness (QED) is 0.393. The van der Waals surface area contributed by atoms with Gasteiger partial charge in [0.25, 0.3) is 0 Å². The molecule has 2 aromatic carbocycles. The molecule has 0 unspecified atom stereocenters. The predicted molar refractivity (Wildman–Crippen MR) is 132 cm³/mol. The second kappa shape index (κ2) is 11.6. The zero-order chi connectivity index (χ0) is 24.0. The molecule has 0 bridgehead atoms. The van der Waals surface area contributed by atoms with Crippen LogP contribution in [0.15, 0.2) is 24.3 Å². The summed E-state index contributed by atoms with van der Waals surface area (Å²) >= 11 is 1.89. The highest BCUT2D eigenvalue weighted by molar-refractivity contribution is 8.00. The van der Waals surface area contributed by atoms with Crippen LogP contribution in [0.1, 0.15) is 54.7 Å². The normalized spacial score (nSPS) is 17.5. The van der Waals surface area contributed by atoms with Gasteiger partial charge in [0.05, 0.1) is 35.0 Å². The molecule has 0 amide bonds. The molecule has 0 spiro atoms. The molecule has 2 aromatic rings. The third kappa shape index (κ3) is 5.38. The van der Waals surface area contributed by atoms with Crippen molar-refractivity contribution >= 4 is 17.4 Å². The Morgan fingerprint density at radius 1 is 0.818 bits per heavy atom. The van der Waals surface area contributed by atoms with Crippen molar-refractivity contribution in [2.24, 2.45) is 0 Å². The summed E-state index contributed by atoms with van der Waals surface area (Å²) in [5, 5.41) is 12.3. The van der Waals surface area contributed by atoms with E-state index >= 15 is 0 Å². The van der Waals surface area contributed by atoms with Crippen LogP contribution < -0.4 is 28.7 Å². The summed E-state index contributed by atoms with van der Waals surface area (Å²) in [4.78, 5) is 0. The van der Waals surface area contributed by atoms with Crippen molar-refractivity contribution in [3.63, 3.8) is 0 Å². The predicted octanol–water partition coefficient (Wildman–Crippen LogP) is 6.03. The Morgan fingerprint density at radius 2 is 1.33 bits per heavy atom. The van der Waals surface area contributed by atoms with Crippen LogP contribution in [-0.4, -0.2) is 46.8 Å². The van der Waals surface area contributed by atoms with Gasteiger partial charge in [0.1, 0.15) is 5.69 Å². The molecule has 0 saturated carbocycles. The summed E-state index contributed by atoms with van der Waals surface area (Å²) in [5.74, 6) is 3.15. The Bertz CT molecular complexity index is 912. The first-order valence-corrected chi connectivity index (χ1v) is 12.2. The van der Waals surface area contributed by atoms with Crippen LogP contribution in [0.5, 0.6) is 28.7 Å². The summed E-state index contributed by atoms with van der Waals surface area (Å²) in [5.41, 5.74) is 2.89. The van der Waals surface area contributed by atoms with Crippen molar-refractivity contribution in [2.45, 2.75) is 43.6 Å². The molecule has 3 rings (SSSR count). The molecule has 1 aliphatic rings. The standard InChI is InChI=1S/C25H35NO6S/c1-7-11-32-24-18(26(27)8-2)12-16(13-19(24)28-3)22-9-10-23(33-22)17-14-20(29-4)25(31-6)21(15-17)30-5/h12-15,22-23,27H,7-11H2,1-6H3/t22-,23-/m1/s1. The lowest BCUT2D eigenvalue weighted by Gasteiger charge is -2.23. The van der Waals surface area contributed by atoms with Crippen molar-refractivity contribution in [1.29, 1.82) is 0 Å². The Hall–Kier alpha value is -2.45. The van der Waals surface area contributed by atoms with E-state index in [1.54, 1.807) is 28.4 Å². The summed E-state index contributed by atoms with van der Waals surface area (Å²) in [6, 6.07) is 8.11. The highest BCUT2D eigenvalue weighted by atomic mass is 32.2. The maximum atomic E-state index is 10.5. The minimum absolute atomic E-state index is 0.257. The summed E-state index contributed by atoms with van der Waals surface area (Å²) in [6.45, 7) is 4.95. The fraction of sp³-hybridized carbons (Fsp3) is 0.520. The molecule has 1 aliphatic heterocycles. The van der Waals surface area contributed by atoms with Crippen molar-refractivity contribution in [3.05, 3.63) is 35.4 Å². The number of thioether (sulfide) groups is 1. The van der Waals surface area contributed by atoms with E-state index in [9.17, 15) is 5.21 Å². The van der Waals surface area contributed by atoms with Gasteiger partial charge in [-0.15, -0.1) is 11.8 Å². The fourth-order valence-corrected chi connectivity index (χ4v) is 5.60. The van der Waals surface area contributed by atoms with Gasteiger partial charge in [-0.25, -0.2) is 0 Å². The van der Waals surface area contributed by atoms with Crippen LogP contribution in [0.2, 0.25) is 0 Å². The SMILES string of the molecule is CCCOc1c(OC)cc([C@H]2CC[C@H](c3cc(OC)c(OC)c(OC)c3)S2)cc1N(O)CC.